The van der Waals surface area contributed by atoms with Crippen molar-refractivity contribution in [3.05, 3.63) is 30.0 Å². The fourth-order valence-electron chi connectivity index (χ4n) is 1.41. The number of hydrogen-bond donors (Lipinski definition) is 3. The molecule has 0 saturated heterocycles. The highest BCUT2D eigenvalue weighted by Crippen LogP contribution is 2.20. The Hall–Kier alpha value is -1.48. The largest absolute Gasteiger partial charge is 0.399 e. The van der Waals surface area contributed by atoms with Gasteiger partial charge in [-0.15, -0.1) is 0 Å². The lowest BCUT2D eigenvalue weighted by molar-refractivity contribution is 0.792. The van der Waals surface area contributed by atoms with Crippen molar-refractivity contribution in [1.29, 1.82) is 0 Å². The molecule has 0 radical (unpaired) electrons. The Morgan fingerprint density at radius 3 is 2.77 bits per heavy atom. The minimum Gasteiger partial charge on any atom is -0.399 e. The lowest BCUT2D eigenvalue weighted by Gasteiger charge is -1.98. The van der Waals surface area contributed by atoms with E-state index < -0.39 is 0 Å². The third-order valence-corrected chi connectivity index (χ3v) is 2.16. The Kier molecular flexibility index (Phi) is 1.74. The Labute approximate surface area is 76.7 Å². The smallest absolute Gasteiger partial charge is 0.0477 e. The van der Waals surface area contributed by atoms with Gasteiger partial charge in [0.05, 0.1) is 0 Å². The average Bonchev–Trinajstić information content (AvgIpc) is 2.46. The van der Waals surface area contributed by atoms with E-state index in [-0.39, 0.29) is 6.04 Å². The number of aromatic nitrogens is 1. The molecule has 1 aromatic carbocycles. The van der Waals surface area contributed by atoms with Crippen LogP contribution < -0.4 is 11.5 Å². The van der Waals surface area contributed by atoms with Crippen LogP contribution in [0, 0.1) is 0 Å². The van der Waals surface area contributed by atoms with Crippen LogP contribution in [0.4, 0.5) is 5.69 Å². The van der Waals surface area contributed by atoms with Gasteiger partial charge in [-0.05, 0) is 30.5 Å². The maximum absolute atomic E-state index is 5.75. The number of nitrogen functional groups attached to an aromatic ring is 1. The molecule has 0 aliphatic rings. The van der Waals surface area contributed by atoms with Crippen LogP contribution in [0.1, 0.15) is 18.7 Å². The molecular formula is C10H13N3. The Balaban J connectivity index is 2.62. The summed E-state index contributed by atoms with van der Waals surface area (Å²) in [5.41, 5.74) is 14.3. The number of aromatic amines is 1. The van der Waals surface area contributed by atoms with Gasteiger partial charge in [-0.3, -0.25) is 0 Å². The summed E-state index contributed by atoms with van der Waals surface area (Å²) in [5, 5.41) is 1.15. The van der Waals surface area contributed by atoms with Crippen LogP contribution in [0.25, 0.3) is 10.9 Å². The minimum atomic E-state index is 0.0358. The molecular weight excluding hydrogens is 162 g/mol. The molecule has 0 aliphatic heterocycles. The van der Waals surface area contributed by atoms with Gasteiger partial charge in [0.2, 0.25) is 0 Å². The van der Waals surface area contributed by atoms with E-state index in [0.29, 0.717) is 0 Å². The van der Waals surface area contributed by atoms with E-state index >= 15 is 0 Å². The van der Waals surface area contributed by atoms with Crippen molar-refractivity contribution in [2.24, 2.45) is 5.73 Å². The van der Waals surface area contributed by atoms with Crippen LogP contribution >= 0.6 is 0 Å². The molecule has 0 spiro atoms. The lowest BCUT2D eigenvalue weighted by atomic mass is 10.2. The molecule has 1 heterocycles. The normalized spacial score (nSPS) is 13.4. The van der Waals surface area contributed by atoms with E-state index in [1.165, 1.54) is 0 Å². The van der Waals surface area contributed by atoms with Crippen LogP contribution in [-0.4, -0.2) is 4.98 Å². The third kappa shape index (κ3) is 1.38. The summed E-state index contributed by atoms with van der Waals surface area (Å²) < 4.78 is 0. The van der Waals surface area contributed by atoms with Gasteiger partial charge in [0, 0.05) is 22.9 Å². The van der Waals surface area contributed by atoms with Crippen molar-refractivity contribution in [1.82, 2.24) is 4.98 Å². The molecule has 0 unspecified atom stereocenters. The van der Waals surface area contributed by atoms with Crippen LogP contribution in [0.5, 0.6) is 0 Å². The zero-order valence-electron chi connectivity index (χ0n) is 7.54. The van der Waals surface area contributed by atoms with Crippen molar-refractivity contribution < 1.29 is 0 Å². The van der Waals surface area contributed by atoms with E-state index in [1.807, 2.05) is 25.1 Å². The number of anilines is 1. The van der Waals surface area contributed by atoms with Gasteiger partial charge in [-0.2, -0.15) is 0 Å². The Bertz CT molecular complexity index is 429. The van der Waals surface area contributed by atoms with E-state index in [4.69, 9.17) is 11.5 Å². The number of fused-ring (bicyclic) bond motifs is 1. The van der Waals surface area contributed by atoms with Crippen molar-refractivity contribution >= 4 is 16.6 Å². The summed E-state index contributed by atoms with van der Waals surface area (Å²) in [7, 11) is 0. The molecule has 2 rings (SSSR count). The molecule has 5 N–H and O–H groups in total. The zero-order chi connectivity index (χ0) is 9.42. The number of benzene rings is 1. The molecule has 2 aromatic rings. The van der Waals surface area contributed by atoms with Gasteiger partial charge in [-0.1, -0.05) is 6.07 Å². The van der Waals surface area contributed by atoms with Crippen LogP contribution in [0.15, 0.2) is 24.3 Å². The van der Waals surface area contributed by atoms with Gasteiger partial charge in [-0.25, -0.2) is 0 Å². The highest BCUT2D eigenvalue weighted by Gasteiger charge is 2.03. The van der Waals surface area contributed by atoms with Crippen molar-refractivity contribution in [2.75, 3.05) is 5.73 Å². The number of H-pyrrole nitrogens is 1. The second-order valence-electron chi connectivity index (χ2n) is 3.36. The second-order valence-corrected chi connectivity index (χ2v) is 3.36. The first-order valence-electron chi connectivity index (χ1n) is 4.30. The van der Waals surface area contributed by atoms with E-state index in [2.05, 4.69) is 11.1 Å². The van der Waals surface area contributed by atoms with Gasteiger partial charge >= 0.3 is 0 Å². The molecule has 0 fully saturated rings. The van der Waals surface area contributed by atoms with E-state index in [9.17, 15) is 0 Å². The number of rotatable bonds is 1. The molecule has 3 heteroatoms. The number of nitrogens with one attached hydrogen (secondary N) is 1. The molecule has 68 valence electrons. The van der Waals surface area contributed by atoms with Crippen molar-refractivity contribution in [2.45, 2.75) is 13.0 Å². The summed E-state index contributed by atoms with van der Waals surface area (Å²) in [6.07, 6.45) is 0. The third-order valence-electron chi connectivity index (χ3n) is 2.16. The lowest BCUT2D eigenvalue weighted by Crippen LogP contribution is -2.04. The van der Waals surface area contributed by atoms with Crippen LogP contribution in [-0.2, 0) is 0 Å². The highest BCUT2D eigenvalue weighted by atomic mass is 14.8. The van der Waals surface area contributed by atoms with Crippen molar-refractivity contribution in [3.63, 3.8) is 0 Å². The quantitative estimate of drug-likeness (QED) is 0.578. The van der Waals surface area contributed by atoms with Gasteiger partial charge in [0.1, 0.15) is 0 Å². The summed E-state index contributed by atoms with van der Waals surface area (Å²) >= 11 is 0. The first-order valence-corrected chi connectivity index (χ1v) is 4.30. The molecule has 0 amide bonds. The fraction of sp³-hybridized carbons (Fsp3) is 0.200. The Morgan fingerprint density at radius 2 is 2.08 bits per heavy atom. The molecule has 1 atom stereocenters. The molecule has 1 aromatic heterocycles. The second kappa shape index (κ2) is 2.78. The first kappa shape index (κ1) is 8.13. The standard InChI is InChI=1S/C10H13N3/c1-6(11)9-4-7-2-3-8(12)5-10(7)13-9/h2-6,13H,11-12H2,1H3/t6-/m0/s1. The molecule has 13 heavy (non-hydrogen) atoms. The molecule has 0 saturated carbocycles. The SMILES string of the molecule is C[C@H](N)c1cc2ccc(N)cc2[nH]1. The van der Waals surface area contributed by atoms with Gasteiger partial charge in [0.15, 0.2) is 0 Å². The van der Waals surface area contributed by atoms with Gasteiger partial charge < -0.3 is 16.5 Å². The maximum atomic E-state index is 5.75. The molecule has 0 aliphatic carbocycles. The van der Waals surface area contributed by atoms with Gasteiger partial charge in [0.25, 0.3) is 0 Å². The predicted molar refractivity (Wildman–Crippen MR) is 55.3 cm³/mol. The fourth-order valence-corrected chi connectivity index (χ4v) is 1.41. The highest BCUT2D eigenvalue weighted by molar-refractivity contribution is 5.83. The predicted octanol–water partition coefficient (Wildman–Crippen LogP) is 1.77. The topological polar surface area (TPSA) is 67.8 Å². The monoisotopic (exact) mass is 175 g/mol. The minimum absolute atomic E-state index is 0.0358. The number of nitrogens with two attached hydrogens (primary N) is 2. The molecule has 0 bridgehead atoms. The van der Waals surface area contributed by atoms with E-state index in [1.54, 1.807) is 0 Å². The summed E-state index contributed by atoms with van der Waals surface area (Å²) in [4.78, 5) is 3.23. The zero-order valence-corrected chi connectivity index (χ0v) is 7.54. The summed E-state index contributed by atoms with van der Waals surface area (Å²) in [5.74, 6) is 0. The van der Waals surface area contributed by atoms with E-state index in [0.717, 1.165) is 22.3 Å². The number of hydrogen-bond acceptors (Lipinski definition) is 2. The first-order chi connectivity index (χ1) is 6.16. The van der Waals surface area contributed by atoms with Crippen LogP contribution in [0.3, 0.4) is 0 Å². The maximum Gasteiger partial charge on any atom is 0.0477 e. The average molecular weight is 175 g/mol. The summed E-state index contributed by atoms with van der Waals surface area (Å²) in [6.45, 7) is 1.95. The van der Waals surface area contributed by atoms with Crippen molar-refractivity contribution in [3.8, 4) is 0 Å². The molecule has 3 nitrogen and oxygen atoms in total. The Morgan fingerprint density at radius 1 is 1.31 bits per heavy atom. The van der Waals surface area contributed by atoms with Crippen LogP contribution in [0.2, 0.25) is 0 Å². The summed E-state index contributed by atoms with van der Waals surface area (Å²) in [6, 6.07) is 7.89.